The molecule has 0 aromatic rings. The van der Waals surface area contributed by atoms with E-state index >= 15 is 0 Å². The van der Waals surface area contributed by atoms with Crippen molar-refractivity contribution in [2.75, 3.05) is 11.5 Å². The summed E-state index contributed by atoms with van der Waals surface area (Å²) in [6.45, 7) is 0. The van der Waals surface area contributed by atoms with E-state index < -0.39 is 21.8 Å². The van der Waals surface area contributed by atoms with E-state index in [1.54, 1.807) is 0 Å². The monoisotopic (exact) mass is 313 g/mol. The molecule has 1 aliphatic heterocycles. The number of hydrogen-bond acceptors (Lipinski definition) is 4. The van der Waals surface area contributed by atoms with Gasteiger partial charge in [-0.3, -0.25) is 10.1 Å². The molecule has 6 heteroatoms. The van der Waals surface area contributed by atoms with E-state index in [9.17, 15) is 18.3 Å². The number of carbonyl (C=O) groups is 1. The van der Waals surface area contributed by atoms with Gasteiger partial charge in [0.1, 0.15) is 6.04 Å². The molecule has 1 saturated heterocycles. The highest BCUT2D eigenvalue weighted by molar-refractivity contribution is 7.91. The molecule has 5 aliphatic rings. The van der Waals surface area contributed by atoms with Crippen molar-refractivity contribution in [3.63, 3.8) is 0 Å². The molecule has 4 aliphatic carbocycles. The molecule has 1 heterocycles. The molecular formula is C15H23NO4S. The highest BCUT2D eigenvalue weighted by atomic mass is 32.2. The minimum absolute atomic E-state index is 0.0376. The van der Waals surface area contributed by atoms with Gasteiger partial charge in [-0.05, 0) is 61.7 Å². The van der Waals surface area contributed by atoms with Crippen LogP contribution in [0.4, 0.5) is 0 Å². The molecule has 118 valence electrons. The molecule has 5 rings (SSSR count). The minimum atomic E-state index is -3.26. The largest absolute Gasteiger partial charge is 0.480 e. The summed E-state index contributed by atoms with van der Waals surface area (Å²) in [4.78, 5) is 11.3. The zero-order valence-corrected chi connectivity index (χ0v) is 12.9. The van der Waals surface area contributed by atoms with Gasteiger partial charge in [-0.2, -0.15) is 0 Å². The SMILES string of the molecule is O=C(O)C1CS(=O)(=O)CC(C23CC4CC(CC(C4)C2)C3)N1. The Morgan fingerprint density at radius 3 is 2.00 bits per heavy atom. The van der Waals surface area contributed by atoms with E-state index in [1.165, 1.54) is 19.3 Å². The van der Waals surface area contributed by atoms with Gasteiger partial charge in [0.05, 0.1) is 11.5 Å². The predicted octanol–water partition coefficient (Wildman–Crippen LogP) is 1.04. The van der Waals surface area contributed by atoms with Gasteiger partial charge < -0.3 is 5.11 Å². The number of rotatable bonds is 2. The van der Waals surface area contributed by atoms with Gasteiger partial charge in [-0.15, -0.1) is 0 Å². The molecule has 5 fully saturated rings. The van der Waals surface area contributed by atoms with Crippen molar-refractivity contribution < 1.29 is 18.3 Å². The second-order valence-electron chi connectivity index (χ2n) is 7.97. The molecule has 21 heavy (non-hydrogen) atoms. The molecule has 0 aromatic carbocycles. The van der Waals surface area contributed by atoms with Crippen LogP contribution in [0.5, 0.6) is 0 Å². The number of hydrogen-bond donors (Lipinski definition) is 2. The van der Waals surface area contributed by atoms with E-state index in [0.29, 0.717) is 0 Å². The molecule has 5 nitrogen and oxygen atoms in total. The van der Waals surface area contributed by atoms with Crippen LogP contribution in [0.2, 0.25) is 0 Å². The maximum atomic E-state index is 12.2. The van der Waals surface area contributed by atoms with Crippen LogP contribution < -0.4 is 5.32 Å². The fourth-order valence-corrected chi connectivity index (χ4v) is 7.86. The Balaban J connectivity index is 1.64. The average Bonchev–Trinajstić information content (AvgIpc) is 2.35. The summed E-state index contributed by atoms with van der Waals surface area (Å²) in [5.74, 6) is 1.06. The van der Waals surface area contributed by atoms with E-state index in [2.05, 4.69) is 5.32 Å². The van der Waals surface area contributed by atoms with E-state index in [0.717, 1.165) is 37.0 Å². The van der Waals surface area contributed by atoms with Gasteiger partial charge in [-0.1, -0.05) is 0 Å². The third-order valence-electron chi connectivity index (χ3n) is 6.37. The number of nitrogens with one attached hydrogen (secondary N) is 1. The van der Waals surface area contributed by atoms with Crippen molar-refractivity contribution in [1.82, 2.24) is 5.32 Å². The first kappa shape index (κ1) is 14.0. The Kier molecular flexibility index (Phi) is 2.96. The van der Waals surface area contributed by atoms with Gasteiger partial charge in [0.2, 0.25) is 0 Å². The van der Waals surface area contributed by atoms with Crippen LogP contribution in [-0.2, 0) is 14.6 Å². The van der Waals surface area contributed by atoms with Gasteiger partial charge in [0.15, 0.2) is 9.84 Å². The fraction of sp³-hybridized carbons (Fsp3) is 0.933. The fourth-order valence-electron chi connectivity index (χ4n) is 6.02. The van der Waals surface area contributed by atoms with Crippen molar-refractivity contribution in [3.8, 4) is 0 Å². The standard InChI is InChI=1S/C15H23NO4S/c17-14(18)12-7-21(19,20)8-13(16-12)15-4-9-1-10(5-15)3-11(2-9)6-15/h9-13,16H,1-8H2,(H,17,18). The Labute approximate surface area is 125 Å². The Morgan fingerprint density at radius 2 is 1.52 bits per heavy atom. The van der Waals surface area contributed by atoms with Crippen LogP contribution in [0, 0.1) is 23.2 Å². The second kappa shape index (κ2) is 4.44. The van der Waals surface area contributed by atoms with E-state index in [1.807, 2.05) is 0 Å². The molecule has 0 aromatic heterocycles. The van der Waals surface area contributed by atoms with Crippen molar-refractivity contribution in [2.45, 2.75) is 50.6 Å². The van der Waals surface area contributed by atoms with Gasteiger partial charge in [-0.25, -0.2) is 8.42 Å². The van der Waals surface area contributed by atoms with Crippen LogP contribution in [0.25, 0.3) is 0 Å². The van der Waals surface area contributed by atoms with E-state index in [4.69, 9.17) is 0 Å². The lowest BCUT2D eigenvalue weighted by Crippen LogP contribution is -2.64. The lowest BCUT2D eigenvalue weighted by molar-refractivity contribution is -0.140. The normalized spacial score (nSPS) is 51.0. The maximum Gasteiger partial charge on any atom is 0.321 e. The Morgan fingerprint density at radius 1 is 1.00 bits per heavy atom. The van der Waals surface area contributed by atoms with E-state index in [-0.39, 0.29) is 23.0 Å². The Bertz CT molecular complexity index is 535. The van der Waals surface area contributed by atoms with Crippen LogP contribution in [-0.4, -0.2) is 43.1 Å². The lowest BCUT2D eigenvalue weighted by Gasteiger charge is -2.60. The second-order valence-corrected chi connectivity index (χ2v) is 10.1. The first-order chi connectivity index (χ1) is 9.85. The summed E-state index contributed by atoms with van der Waals surface area (Å²) >= 11 is 0. The Hall–Kier alpha value is -0.620. The molecule has 0 radical (unpaired) electrons. The van der Waals surface area contributed by atoms with Crippen LogP contribution >= 0.6 is 0 Å². The van der Waals surface area contributed by atoms with Gasteiger partial charge in [0, 0.05) is 6.04 Å². The summed E-state index contributed by atoms with van der Waals surface area (Å²) in [7, 11) is -3.26. The summed E-state index contributed by atoms with van der Waals surface area (Å²) < 4.78 is 24.3. The summed E-state index contributed by atoms with van der Waals surface area (Å²) in [5, 5.41) is 12.4. The van der Waals surface area contributed by atoms with Crippen molar-refractivity contribution in [1.29, 1.82) is 0 Å². The highest BCUT2D eigenvalue weighted by Gasteiger charge is 2.56. The third-order valence-corrected chi connectivity index (χ3v) is 8.05. The van der Waals surface area contributed by atoms with Crippen molar-refractivity contribution in [3.05, 3.63) is 0 Å². The maximum absolute atomic E-state index is 12.2. The molecule has 4 saturated carbocycles. The van der Waals surface area contributed by atoms with Gasteiger partial charge in [0.25, 0.3) is 0 Å². The van der Waals surface area contributed by atoms with Crippen LogP contribution in [0.15, 0.2) is 0 Å². The molecule has 2 N–H and O–H groups in total. The first-order valence-corrected chi connectivity index (χ1v) is 9.87. The van der Waals surface area contributed by atoms with Crippen molar-refractivity contribution in [2.24, 2.45) is 23.2 Å². The summed E-state index contributed by atoms with van der Waals surface area (Å²) in [6, 6.07) is -1.09. The van der Waals surface area contributed by atoms with Crippen LogP contribution in [0.1, 0.15) is 38.5 Å². The lowest BCUT2D eigenvalue weighted by atomic mass is 9.48. The predicted molar refractivity (Wildman–Crippen MR) is 77.6 cm³/mol. The third kappa shape index (κ3) is 2.31. The highest BCUT2D eigenvalue weighted by Crippen LogP contribution is 2.61. The van der Waals surface area contributed by atoms with Crippen molar-refractivity contribution >= 4 is 15.8 Å². The first-order valence-electron chi connectivity index (χ1n) is 8.04. The average molecular weight is 313 g/mol. The molecule has 2 atom stereocenters. The topological polar surface area (TPSA) is 83.5 Å². The quantitative estimate of drug-likeness (QED) is 0.796. The zero-order valence-electron chi connectivity index (χ0n) is 12.1. The smallest absolute Gasteiger partial charge is 0.321 e. The molecular weight excluding hydrogens is 290 g/mol. The molecule has 0 amide bonds. The number of aliphatic carboxylic acids is 1. The van der Waals surface area contributed by atoms with Crippen LogP contribution in [0.3, 0.4) is 0 Å². The number of carboxylic acids is 1. The zero-order chi connectivity index (χ0) is 14.8. The van der Waals surface area contributed by atoms with Gasteiger partial charge >= 0.3 is 5.97 Å². The summed E-state index contributed by atoms with van der Waals surface area (Å²) in [6.07, 6.45) is 7.21. The number of sulfone groups is 1. The molecule has 4 bridgehead atoms. The number of carboxylic acid groups (broad SMARTS) is 1. The summed E-state index contributed by atoms with van der Waals surface area (Å²) in [5.41, 5.74) is 0.0376. The minimum Gasteiger partial charge on any atom is -0.480 e. The molecule has 0 spiro atoms. The molecule has 2 unspecified atom stereocenters.